The second-order valence-electron chi connectivity index (χ2n) is 4.04. The first kappa shape index (κ1) is 12.6. The summed E-state index contributed by atoms with van der Waals surface area (Å²) in [7, 11) is 1.61. The van der Waals surface area contributed by atoms with E-state index in [1.807, 2.05) is 30.0 Å². The fourth-order valence-corrected chi connectivity index (χ4v) is 3.05. The zero-order valence-corrected chi connectivity index (χ0v) is 10.8. The summed E-state index contributed by atoms with van der Waals surface area (Å²) in [4.78, 5) is 0. The van der Waals surface area contributed by atoms with E-state index in [2.05, 4.69) is 0 Å². The van der Waals surface area contributed by atoms with Crippen molar-refractivity contribution in [2.75, 3.05) is 18.6 Å². The van der Waals surface area contributed by atoms with Gasteiger partial charge in [0, 0.05) is 5.56 Å². The van der Waals surface area contributed by atoms with Gasteiger partial charge in [-0.25, -0.2) is 0 Å². The van der Waals surface area contributed by atoms with E-state index in [0.29, 0.717) is 5.75 Å². The van der Waals surface area contributed by atoms with Gasteiger partial charge in [-0.15, -0.1) is 0 Å². The Morgan fingerprint density at radius 2 is 2.12 bits per heavy atom. The molecular weight excluding hydrogens is 236 g/mol. The van der Waals surface area contributed by atoms with Crippen LogP contribution in [0.2, 0.25) is 0 Å². The minimum absolute atomic E-state index is 0.0269. The molecule has 0 aliphatic carbocycles. The lowest BCUT2D eigenvalue weighted by atomic mass is 10.1. The molecule has 0 aromatic heterocycles. The summed E-state index contributed by atoms with van der Waals surface area (Å²) in [5.41, 5.74) is 0.773. The van der Waals surface area contributed by atoms with Gasteiger partial charge in [0.2, 0.25) is 0 Å². The molecule has 0 saturated carbocycles. The number of methoxy groups -OCH3 is 1. The van der Waals surface area contributed by atoms with E-state index in [1.165, 1.54) is 0 Å². The van der Waals surface area contributed by atoms with Gasteiger partial charge >= 0.3 is 0 Å². The van der Waals surface area contributed by atoms with Gasteiger partial charge in [-0.3, -0.25) is 0 Å². The van der Waals surface area contributed by atoms with Crippen molar-refractivity contribution in [2.24, 2.45) is 0 Å². The summed E-state index contributed by atoms with van der Waals surface area (Å²) in [6.45, 7) is -0.0269. The van der Waals surface area contributed by atoms with Crippen molar-refractivity contribution < 1.29 is 14.6 Å². The SMILES string of the molecule is COc1c(CO)cccc1OC1CCSCC1. The number of thioether (sulfide) groups is 1. The van der Waals surface area contributed by atoms with Crippen LogP contribution in [0.4, 0.5) is 0 Å². The fraction of sp³-hybridized carbons (Fsp3) is 0.538. The van der Waals surface area contributed by atoms with Gasteiger partial charge < -0.3 is 14.6 Å². The van der Waals surface area contributed by atoms with Crippen LogP contribution >= 0.6 is 11.8 Å². The van der Waals surface area contributed by atoms with Crippen LogP contribution in [-0.2, 0) is 6.61 Å². The largest absolute Gasteiger partial charge is 0.492 e. The van der Waals surface area contributed by atoms with E-state index in [-0.39, 0.29) is 12.7 Å². The van der Waals surface area contributed by atoms with Gasteiger partial charge in [-0.1, -0.05) is 12.1 Å². The third-order valence-corrected chi connectivity index (χ3v) is 3.95. The van der Waals surface area contributed by atoms with Crippen molar-refractivity contribution in [1.29, 1.82) is 0 Å². The lowest BCUT2D eigenvalue weighted by molar-refractivity contribution is 0.182. The van der Waals surface area contributed by atoms with Gasteiger partial charge in [0.1, 0.15) is 6.10 Å². The zero-order chi connectivity index (χ0) is 12.1. The van der Waals surface area contributed by atoms with E-state index in [1.54, 1.807) is 7.11 Å². The van der Waals surface area contributed by atoms with Crippen LogP contribution in [0, 0.1) is 0 Å². The normalized spacial score (nSPS) is 16.8. The molecule has 1 N–H and O–H groups in total. The maximum absolute atomic E-state index is 9.24. The van der Waals surface area contributed by atoms with E-state index in [4.69, 9.17) is 9.47 Å². The molecule has 1 aliphatic heterocycles. The monoisotopic (exact) mass is 254 g/mol. The molecule has 4 heteroatoms. The Labute approximate surface area is 106 Å². The Kier molecular flexibility index (Phi) is 4.57. The highest BCUT2D eigenvalue weighted by atomic mass is 32.2. The average molecular weight is 254 g/mol. The minimum Gasteiger partial charge on any atom is -0.492 e. The van der Waals surface area contributed by atoms with Crippen molar-refractivity contribution in [3.63, 3.8) is 0 Å². The Morgan fingerprint density at radius 3 is 2.76 bits per heavy atom. The molecule has 1 aromatic rings. The maximum Gasteiger partial charge on any atom is 0.166 e. The van der Waals surface area contributed by atoms with Crippen LogP contribution in [0.1, 0.15) is 18.4 Å². The zero-order valence-electron chi connectivity index (χ0n) is 10.0. The number of hydrogen-bond donors (Lipinski definition) is 1. The molecule has 0 bridgehead atoms. The summed E-state index contributed by atoms with van der Waals surface area (Å²) in [5, 5.41) is 9.24. The van der Waals surface area contributed by atoms with E-state index < -0.39 is 0 Å². The number of hydrogen-bond acceptors (Lipinski definition) is 4. The summed E-state index contributed by atoms with van der Waals surface area (Å²) in [6.07, 6.45) is 2.44. The summed E-state index contributed by atoms with van der Waals surface area (Å²) in [5.74, 6) is 3.73. The van der Waals surface area contributed by atoms with Crippen molar-refractivity contribution in [1.82, 2.24) is 0 Å². The van der Waals surface area contributed by atoms with E-state index >= 15 is 0 Å². The number of ether oxygens (including phenoxy) is 2. The van der Waals surface area contributed by atoms with Crippen molar-refractivity contribution in [2.45, 2.75) is 25.6 Å². The van der Waals surface area contributed by atoms with Crippen molar-refractivity contribution in [3.05, 3.63) is 23.8 Å². The summed E-state index contributed by atoms with van der Waals surface area (Å²) in [6, 6.07) is 5.64. The predicted molar refractivity (Wildman–Crippen MR) is 69.9 cm³/mol. The molecule has 1 aliphatic rings. The van der Waals surface area contributed by atoms with Crippen LogP contribution in [0.5, 0.6) is 11.5 Å². The van der Waals surface area contributed by atoms with Gasteiger partial charge in [0.15, 0.2) is 11.5 Å². The maximum atomic E-state index is 9.24. The van der Waals surface area contributed by atoms with E-state index in [0.717, 1.165) is 35.7 Å². The average Bonchev–Trinajstić information content (AvgIpc) is 2.39. The molecule has 0 radical (unpaired) electrons. The highest BCUT2D eigenvalue weighted by Gasteiger charge is 2.18. The molecular formula is C13H18O3S. The molecule has 3 nitrogen and oxygen atoms in total. The molecule has 1 heterocycles. The Hall–Kier alpha value is -0.870. The van der Waals surface area contributed by atoms with Crippen LogP contribution in [0.25, 0.3) is 0 Å². The third kappa shape index (κ3) is 3.07. The Morgan fingerprint density at radius 1 is 1.35 bits per heavy atom. The smallest absolute Gasteiger partial charge is 0.166 e. The molecule has 2 rings (SSSR count). The number of benzene rings is 1. The molecule has 1 saturated heterocycles. The first-order valence-corrected chi connectivity index (χ1v) is 7.01. The molecule has 1 fully saturated rings. The number of aliphatic hydroxyl groups excluding tert-OH is 1. The van der Waals surface area contributed by atoms with Crippen molar-refractivity contribution in [3.8, 4) is 11.5 Å². The first-order chi connectivity index (χ1) is 8.35. The number of aliphatic hydroxyl groups is 1. The van der Waals surface area contributed by atoms with Gasteiger partial charge in [0.05, 0.1) is 13.7 Å². The molecule has 1 aromatic carbocycles. The standard InChI is InChI=1S/C13H18O3S/c1-15-13-10(9-14)3-2-4-12(13)16-11-5-7-17-8-6-11/h2-4,11,14H,5-9H2,1H3. The molecule has 94 valence electrons. The fourth-order valence-electron chi connectivity index (χ4n) is 1.98. The highest BCUT2D eigenvalue weighted by Crippen LogP contribution is 2.33. The lowest BCUT2D eigenvalue weighted by Gasteiger charge is -2.24. The predicted octanol–water partition coefficient (Wildman–Crippen LogP) is 2.46. The van der Waals surface area contributed by atoms with E-state index in [9.17, 15) is 5.11 Å². The molecule has 0 amide bonds. The molecule has 0 spiro atoms. The first-order valence-electron chi connectivity index (χ1n) is 5.86. The van der Waals surface area contributed by atoms with Crippen LogP contribution in [0.15, 0.2) is 18.2 Å². The summed E-state index contributed by atoms with van der Waals surface area (Å²) >= 11 is 1.98. The third-order valence-electron chi connectivity index (χ3n) is 2.90. The number of para-hydroxylation sites is 1. The Balaban J connectivity index is 2.13. The minimum atomic E-state index is -0.0269. The number of rotatable bonds is 4. The lowest BCUT2D eigenvalue weighted by Crippen LogP contribution is -2.22. The van der Waals surface area contributed by atoms with Crippen LogP contribution in [0.3, 0.4) is 0 Å². The molecule has 0 unspecified atom stereocenters. The topological polar surface area (TPSA) is 38.7 Å². The van der Waals surface area contributed by atoms with Crippen LogP contribution < -0.4 is 9.47 Å². The van der Waals surface area contributed by atoms with Gasteiger partial charge in [0.25, 0.3) is 0 Å². The second-order valence-corrected chi connectivity index (χ2v) is 5.26. The van der Waals surface area contributed by atoms with Gasteiger partial charge in [-0.2, -0.15) is 11.8 Å². The molecule has 17 heavy (non-hydrogen) atoms. The Bertz CT molecular complexity index is 362. The second kappa shape index (κ2) is 6.17. The quantitative estimate of drug-likeness (QED) is 0.896. The van der Waals surface area contributed by atoms with Crippen LogP contribution in [-0.4, -0.2) is 29.8 Å². The summed E-state index contributed by atoms with van der Waals surface area (Å²) < 4.78 is 11.3. The van der Waals surface area contributed by atoms with Gasteiger partial charge in [-0.05, 0) is 30.4 Å². The highest BCUT2D eigenvalue weighted by molar-refractivity contribution is 7.99. The van der Waals surface area contributed by atoms with Crippen molar-refractivity contribution >= 4 is 11.8 Å². The molecule has 0 atom stereocenters.